The van der Waals surface area contributed by atoms with Gasteiger partial charge in [-0.3, -0.25) is 4.79 Å². The first-order valence-electron chi connectivity index (χ1n) is 3.76. The van der Waals surface area contributed by atoms with Gasteiger partial charge in [-0.15, -0.1) is 11.3 Å². The standard InChI is InChI=1S/C5H4ClNOS.C3H6O/c6-4-2-1-3(9-4)5(7)8;1-3-2-4-3/h1-2H,(H2,7,8);3H,2H2,1H3. The number of hydrogen-bond donors (Lipinski definition) is 1. The number of primary amides is 1. The van der Waals surface area contributed by atoms with E-state index in [1.807, 2.05) is 0 Å². The maximum absolute atomic E-state index is 10.4. The van der Waals surface area contributed by atoms with Gasteiger partial charge in [-0.2, -0.15) is 0 Å². The lowest BCUT2D eigenvalue weighted by Crippen LogP contribution is -2.07. The summed E-state index contributed by atoms with van der Waals surface area (Å²) in [6.45, 7) is 3.04. The number of rotatable bonds is 1. The van der Waals surface area contributed by atoms with Gasteiger partial charge in [-0.05, 0) is 19.1 Å². The highest BCUT2D eigenvalue weighted by Gasteiger charge is 2.13. The van der Waals surface area contributed by atoms with E-state index >= 15 is 0 Å². The number of hydrogen-bond acceptors (Lipinski definition) is 3. The van der Waals surface area contributed by atoms with Gasteiger partial charge in [0.15, 0.2) is 0 Å². The lowest BCUT2D eigenvalue weighted by Gasteiger charge is -1.80. The Labute approximate surface area is 85.4 Å². The van der Waals surface area contributed by atoms with E-state index in [1.54, 1.807) is 12.1 Å². The fourth-order valence-corrected chi connectivity index (χ4v) is 1.44. The summed E-state index contributed by atoms with van der Waals surface area (Å²) in [5.74, 6) is -0.424. The molecule has 0 bridgehead atoms. The number of epoxide rings is 1. The Morgan fingerprint density at radius 3 is 2.46 bits per heavy atom. The van der Waals surface area contributed by atoms with Crippen LogP contribution in [-0.2, 0) is 4.74 Å². The van der Waals surface area contributed by atoms with Gasteiger partial charge in [0.05, 0.1) is 21.9 Å². The number of carbonyl (C=O) groups is 1. The van der Waals surface area contributed by atoms with Gasteiger partial charge in [0.25, 0.3) is 5.91 Å². The molecule has 13 heavy (non-hydrogen) atoms. The van der Waals surface area contributed by atoms with E-state index in [0.717, 1.165) is 6.61 Å². The van der Waals surface area contributed by atoms with Crippen LogP contribution in [-0.4, -0.2) is 18.6 Å². The summed E-state index contributed by atoms with van der Waals surface area (Å²) < 4.78 is 5.30. The number of amides is 1. The SMILES string of the molecule is CC1CO1.NC(=O)c1ccc(Cl)s1. The van der Waals surface area contributed by atoms with E-state index in [9.17, 15) is 4.79 Å². The summed E-state index contributed by atoms with van der Waals surface area (Å²) in [4.78, 5) is 10.9. The Balaban J connectivity index is 0.000000175. The van der Waals surface area contributed by atoms with Crippen molar-refractivity contribution in [3.8, 4) is 0 Å². The summed E-state index contributed by atoms with van der Waals surface area (Å²) in [6.07, 6.45) is 0.583. The second-order valence-electron chi connectivity index (χ2n) is 2.61. The quantitative estimate of drug-likeness (QED) is 0.734. The molecule has 0 spiro atoms. The van der Waals surface area contributed by atoms with Crippen LogP contribution >= 0.6 is 22.9 Å². The molecular formula is C8H10ClNO2S. The molecule has 1 atom stereocenters. The predicted octanol–water partition coefficient (Wildman–Crippen LogP) is 1.91. The van der Waals surface area contributed by atoms with Crippen molar-refractivity contribution in [2.75, 3.05) is 6.61 Å². The maximum atomic E-state index is 10.4. The first kappa shape index (κ1) is 10.5. The molecule has 1 fully saturated rings. The molecule has 1 aliphatic rings. The van der Waals surface area contributed by atoms with E-state index in [2.05, 4.69) is 6.92 Å². The Morgan fingerprint density at radius 2 is 2.31 bits per heavy atom. The predicted molar refractivity (Wildman–Crippen MR) is 53.3 cm³/mol. The van der Waals surface area contributed by atoms with Crippen LogP contribution in [0.4, 0.5) is 0 Å². The highest BCUT2D eigenvalue weighted by molar-refractivity contribution is 7.17. The summed E-state index contributed by atoms with van der Waals surface area (Å²) in [7, 11) is 0. The van der Waals surface area contributed by atoms with Crippen LogP contribution in [0.25, 0.3) is 0 Å². The van der Waals surface area contributed by atoms with Crippen LogP contribution in [0.1, 0.15) is 16.6 Å². The molecule has 1 aliphatic heterocycles. The number of ether oxygens (including phenoxy) is 1. The van der Waals surface area contributed by atoms with Crippen molar-refractivity contribution < 1.29 is 9.53 Å². The van der Waals surface area contributed by atoms with Crippen molar-refractivity contribution >= 4 is 28.8 Å². The molecule has 1 amide bonds. The molecule has 5 heteroatoms. The minimum Gasteiger partial charge on any atom is -0.373 e. The van der Waals surface area contributed by atoms with Crippen LogP contribution in [0.3, 0.4) is 0 Å². The number of carbonyl (C=O) groups excluding carboxylic acids is 1. The molecule has 1 unspecified atom stereocenters. The zero-order valence-electron chi connectivity index (χ0n) is 7.12. The van der Waals surface area contributed by atoms with Crippen LogP contribution in [0.5, 0.6) is 0 Å². The maximum Gasteiger partial charge on any atom is 0.258 e. The third kappa shape index (κ3) is 4.26. The van der Waals surface area contributed by atoms with Crippen molar-refractivity contribution in [1.29, 1.82) is 0 Å². The molecule has 1 saturated heterocycles. The molecule has 3 nitrogen and oxygen atoms in total. The average molecular weight is 220 g/mol. The van der Waals surface area contributed by atoms with Crippen molar-refractivity contribution in [2.45, 2.75) is 13.0 Å². The van der Waals surface area contributed by atoms with Gasteiger partial charge in [-0.1, -0.05) is 11.6 Å². The molecule has 0 saturated carbocycles. The first-order chi connectivity index (χ1) is 6.09. The molecular weight excluding hydrogens is 210 g/mol. The van der Waals surface area contributed by atoms with E-state index in [4.69, 9.17) is 22.1 Å². The van der Waals surface area contributed by atoms with Crippen molar-refractivity contribution in [3.05, 3.63) is 21.3 Å². The van der Waals surface area contributed by atoms with E-state index < -0.39 is 5.91 Å². The third-order valence-corrected chi connectivity index (χ3v) is 2.56. The Morgan fingerprint density at radius 1 is 1.77 bits per heavy atom. The van der Waals surface area contributed by atoms with Gasteiger partial charge < -0.3 is 10.5 Å². The summed E-state index contributed by atoms with van der Waals surface area (Å²) in [6, 6.07) is 3.25. The monoisotopic (exact) mass is 219 g/mol. The van der Waals surface area contributed by atoms with E-state index in [1.165, 1.54) is 11.3 Å². The Kier molecular flexibility index (Phi) is 3.71. The second kappa shape index (κ2) is 4.60. The number of nitrogens with two attached hydrogens (primary N) is 1. The Hall–Kier alpha value is -0.580. The average Bonchev–Trinajstić information content (AvgIpc) is 2.68. The van der Waals surface area contributed by atoms with Crippen LogP contribution in [0.15, 0.2) is 12.1 Å². The largest absolute Gasteiger partial charge is 0.373 e. The molecule has 1 aromatic rings. The van der Waals surface area contributed by atoms with Gasteiger partial charge in [0.2, 0.25) is 0 Å². The smallest absolute Gasteiger partial charge is 0.258 e. The highest BCUT2D eigenvalue weighted by atomic mass is 35.5. The summed E-state index contributed by atoms with van der Waals surface area (Å²) in [5, 5.41) is 0. The highest BCUT2D eigenvalue weighted by Crippen LogP contribution is 2.20. The fraction of sp³-hybridized carbons (Fsp3) is 0.375. The molecule has 72 valence electrons. The van der Waals surface area contributed by atoms with Crippen molar-refractivity contribution in [2.24, 2.45) is 5.73 Å². The first-order valence-corrected chi connectivity index (χ1v) is 4.96. The Bertz CT molecular complexity index is 296. The van der Waals surface area contributed by atoms with Gasteiger partial charge >= 0.3 is 0 Å². The zero-order chi connectivity index (χ0) is 9.84. The molecule has 0 radical (unpaired) electrons. The zero-order valence-corrected chi connectivity index (χ0v) is 8.69. The number of thiophene rings is 1. The summed E-state index contributed by atoms with van der Waals surface area (Å²) >= 11 is 6.70. The van der Waals surface area contributed by atoms with Crippen LogP contribution < -0.4 is 5.73 Å². The van der Waals surface area contributed by atoms with Crippen LogP contribution in [0, 0.1) is 0 Å². The van der Waals surface area contributed by atoms with Gasteiger partial charge in [0, 0.05) is 0 Å². The second-order valence-corrected chi connectivity index (χ2v) is 4.33. The van der Waals surface area contributed by atoms with Crippen molar-refractivity contribution in [3.63, 3.8) is 0 Å². The molecule has 2 N–H and O–H groups in total. The topological polar surface area (TPSA) is 55.6 Å². The van der Waals surface area contributed by atoms with Gasteiger partial charge in [0.1, 0.15) is 0 Å². The number of halogens is 1. The lowest BCUT2D eigenvalue weighted by atomic mass is 10.5. The molecule has 2 heterocycles. The van der Waals surface area contributed by atoms with Crippen LogP contribution in [0.2, 0.25) is 4.34 Å². The molecule has 2 rings (SSSR count). The molecule has 0 aromatic carbocycles. The third-order valence-electron chi connectivity index (χ3n) is 1.32. The molecule has 1 aromatic heterocycles. The van der Waals surface area contributed by atoms with E-state index in [0.29, 0.717) is 15.3 Å². The fourth-order valence-electron chi connectivity index (χ4n) is 0.543. The van der Waals surface area contributed by atoms with Gasteiger partial charge in [-0.25, -0.2) is 0 Å². The minimum atomic E-state index is -0.424. The lowest BCUT2D eigenvalue weighted by molar-refractivity contribution is 0.100. The van der Waals surface area contributed by atoms with E-state index in [-0.39, 0.29) is 0 Å². The summed E-state index contributed by atoms with van der Waals surface area (Å²) in [5.41, 5.74) is 4.94. The van der Waals surface area contributed by atoms with Crippen molar-refractivity contribution in [1.82, 2.24) is 0 Å². The molecule has 0 aliphatic carbocycles. The minimum absolute atomic E-state index is 0.424. The normalized spacial score (nSPS) is 18.8.